The first-order valence-electron chi connectivity index (χ1n) is 10.8. The number of hydrogen-bond acceptors (Lipinski definition) is 5. The number of benzene rings is 3. The second-order valence-electron chi connectivity index (χ2n) is 7.29. The van der Waals surface area contributed by atoms with Gasteiger partial charge in [0.25, 0.3) is 0 Å². The van der Waals surface area contributed by atoms with Crippen molar-refractivity contribution in [2.24, 2.45) is 0 Å². The second-order valence-corrected chi connectivity index (χ2v) is 10.0. The number of allylic oxidation sites excluding steroid dienone is 1. The van der Waals surface area contributed by atoms with E-state index in [0.29, 0.717) is 5.02 Å². The number of nitrogens with zero attached hydrogens (tertiary/aromatic N) is 3. The Kier molecular flexibility index (Phi) is 8.41. The number of aryl methyl sites for hydroxylation is 1. The van der Waals surface area contributed by atoms with Crippen LogP contribution in [0.2, 0.25) is 5.02 Å². The Morgan fingerprint density at radius 3 is 2.29 bits per heavy atom. The lowest BCUT2D eigenvalue weighted by atomic mass is 10.2. The largest absolute Gasteiger partial charge is 0.457 e. The molecule has 3 aromatic carbocycles. The number of ether oxygens (including phenoxy) is 1. The molecular weight excluding hydrogens is 482 g/mol. The van der Waals surface area contributed by atoms with Gasteiger partial charge in [-0.3, -0.25) is 0 Å². The third-order valence-corrected chi connectivity index (χ3v) is 6.99. The van der Waals surface area contributed by atoms with Crippen LogP contribution in [0.3, 0.4) is 0 Å². The van der Waals surface area contributed by atoms with Crippen LogP contribution in [0, 0.1) is 0 Å². The van der Waals surface area contributed by atoms with Crippen molar-refractivity contribution in [3.8, 4) is 22.8 Å². The van der Waals surface area contributed by atoms with E-state index in [-0.39, 0.29) is 0 Å². The molecule has 4 nitrogen and oxygen atoms in total. The summed E-state index contributed by atoms with van der Waals surface area (Å²) in [6.45, 7) is 5.25. The van der Waals surface area contributed by atoms with Crippen LogP contribution in [-0.2, 0) is 6.42 Å². The summed E-state index contributed by atoms with van der Waals surface area (Å²) in [5, 5.41) is 5.36. The van der Waals surface area contributed by atoms with E-state index < -0.39 is 0 Å². The van der Waals surface area contributed by atoms with Crippen molar-refractivity contribution < 1.29 is 4.74 Å². The number of imidazole rings is 1. The minimum atomic E-state index is 0.689. The summed E-state index contributed by atoms with van der Waals surface area (Å²) in [6, 6.07) is 25.7. The van der Waals surface area contributed by atoms with Crippen LogP contribution in [0.15, 0.2) is 102 Å². The molecule has 0 amide bonds. The predicted molar refractivity (Wildman–Crippen MR) is 145 cm³/mol. The monoisotopic (exact) mass is 505 g/mol. The third kappa shape index (κ3) is 6.50. The Labute approximate surface area is 212 Å². The summed E-state index contributed by atoms with van der Waals surface area (Å²) in [5.74, 6) is 2.52. The van der Waals surface area contributed by atoms with E-state index in [1.54, 1.807) is 29.2 Å². The molecule has 2 aromatic heterocycles. The van der Waals surface area contributed by atoms with E-state index in [1.165, 1.54) is 5.56 Å². The fraction of sp³-hybridized carbons (Fsp3) is 0.111. The summed E-state index contributed by atoms with van der Waals surface area (Å²) < 4.78 is 8.76. The maximum Gasteiger partial charge on any atom is 0.213 e. The Hall–Kier alpha value is -3.06. The minimum Gasteiger partial charge on any atom is -0.457 e. The number of aromatic nitrogens is 3. The number of rotatable bonds is 7. The van der Waals surface area contributed by atoms with Gasteiger partial charge in [0.1, 0.15) is 11.5 Å². The van der Waals surface area contributed by atoms with E-state index in [4.69, 9.17) is 21.3 Å². The minimum absolute atomic E-state index is 0.689. The molecule has 34 heavy (non-hydrogen) atoms. The van der Waals surface area contributed by atoms with Gasteiger partial charge in [-0.15, -0.1) is 11.7 Å². The quantitative estimate of drug-likeness (QED) is 0.164. The number of halogens is 1. The lowest BCUT2D eigenvalue weighted by molar-refractivity contribution is 0.483. The lowest BCUT2D eigenvalue weighted by Crippen LogP contribution is -1.88. The van der Waals surface area contributed by atoms with Crippen LogP contribution in [0.1, 0.15) is 12.5 Å². The molecule has 0 N–H and O–H groups in total. The molecule has 2 heterocycles. The molecule has 0 spiro atoms. The van der Waals surface area contributed by atoms with Gasteiger partial charge in [0.05, 0.1) is 11.9 Å². The number of hydrogen-bond donors (Lipinski definition) is 0. The Morgan fingerprint density at radius 1 is 1.00 bits per heavy atom. The molecule has 7 heteroatoms. The summed E-state index contributed by atoms with van der Waals surface area (Å²) in [5.41, 5.74) is 3.28. The SMILES string of the molecule is C=CC.Clc1ccc(Oc2ccc(-c3cn4nc(SCCc5ccccc5)sc4n3)cc2)cc1. The van der Waals surface area contributed by atoms with Gasteiger partial charge in [-0.1, -0.05) is 71.1 Å². The van der Waals surface area contributed by atoms with Crippen molar-refractivity contribution in [1.29, 1.82) is 0 Å². The average Bonchev–Trinajstić information content (AvgIpc) is 3.41. The molecule has 0 aliphatic heterocycles. The molecule has 5 aromatic rings. The Balaban J connectivity index is 0.000000868. The molecule has 0 unspecified atom stereocenters. The van der Waals surface area contributed by atoms with Gasteiger partial charge < -0.3 is 4.74 Å². The van der Waals surface area contributed by atoms with Gasteiger partial charge in [0.2, 0.25) is 4.96 Å². The van der Waals surface area contributed by atoms with E-state index >= 15 is 0 Å². The molecule has 0 fully saturated rings. The fourth-order valence-corrected chi connectivity index (χ4v) is 5.22. The first kappa shape index (κ1) is 24.1. The molecule has 0 bridgehead atoms. The molecule has 5 rings (SSSR count). The van der Waals surface area contributed by atoms with Gasteiger partial charge in [-0.05, 0) is 67.4 Å². The van der Waals surface area contributed by atoms with Crippen LogP contribution in [0.25, 0.3) is 16.2 Å². The van der Waals surface area contributed by atoms with Crippen LogP contribution in [0.5, 0.6) is 11.5 Å². The highest BCUT2D eigenvalue weighted by Crippen LogP contribution is 2.30. The van der Waals surface area contributed by atoms with Crippen molar-refractivity contribution in [3.63, 3.8) is 0 Å². The molecule has 0 aliphatic carbocycles. The normalized spacial score (nSPS) is 10.5. The van der Waals surface area contributed by atoms with Crippen molar-refractivity contribution in [2.75, 3.05) is 5.75 Å². The molecule has 0 saturated carbocycles. The lowest BCUT2D eigenvalue weighted by Gasteiger charge is -2.06. The van der Waals surface area contributed by atoms with Crippen LogP contribution >= 0.6 is 34.7 Å². The Morgan fingerprint density at radius 2 is 1.65 bits per heavy atom. The number of fused-ring (bicyclic) bond motifs is 1. The summed E-state index contributed by atoms with van der Waals surface area (Å²) in [6.07, 6.45) is 4.76. The van der Waals surface area contributed by atoms with E-state index in [2.05, 4.69) is 35.9 Å². The van der Waals surface area contributed by atoms with Crippen molar-refractivity contribution >= 4 is 39.7 Å². The van der Waals surface area contributed by atoms with Gasteiger partial charge in [-0.25, -0.2) is 9.50 Å². The highest BCUT2D eigenvalue weighted by Gasteiger charge is 2.10. The Bertz CT molecular complexity index is 1300. The zero-order valence-corrected chi connectivity index (χ0v) is 21.1. The molecule has 0 saturated heterocycles. The second kappa shape index (κ2) is 11.9. The van der Waals surface area contributed by atoms with Crippen molar-refractivity contribution in [2.45, 2.75) is 17.7 Å². The third-order valence-electron chi connectivity index (χ3n) is 4.68. The number of thioether (sulfide) groups is 1. The fourth-order valence-electron chi connectivity index (χ4n) is 3.11. The zero-order chi connectivity index (χ0) is 23.8. The standard InChI is InChI=1S/C24H18ClN3OS2.C3H6/c25-19-8-12-21(13-9-19)29-20-10-6-18(7-11-20)22-16-28-23(26-22)31-24(27-28)30-15-14-17-4-2-1-3-5-17;1-3-2/h1-13,16H,14-15H2;3H,1H2,2H3. The highest BCUT2D eigenvalue weighted by molar-refractivity contribution is 8.01. The molecule has 172 valence electrons. The van der Waals surface area contributed by atoms with Gasteiger partial charge in [0, 0.05) is 16.3 Å². The van der Waals surface area contributed by atoms with E-state index in [0.717, 1.165) is 44.2 Å². The van der Waals surface area contributed by atoms with E-state index in [1.807, 2.05) is 72.2 Å². The smallest absolute Gasteiger partial charge is 0.213 e. The van der Waals surface area contributed by atoms with E-state index in [9.17, 15) is 0 Å². The van der Waals surface area contributed by atoms with Crippen molar-refractivity contribution in [1.82, 2.24) is 14.6 Å². The van der Waals surface area contributed by atoms with Crippen LogP contribution in [0.4, 0.5) is 0 Å². The predicted octanol–water partition coefficient (Wildman–Crippen LogP) is 8.43. The van der Waals surface area contributed by atoms with Gasteiger partial charge >= 0.3 is 0 Å². The van der Waals surface area contributed by atoms with Gasteiger partial charge in [-0.2, -0.15) is 0 Å². The molecule has 0 radical (unpaired) electrons. The van der Waals surface area contributed by atoms with Crippen LogP contribution < -0.4 is 4.74 Å². The maximum atomic E-state index is 5.92. The van der Waals surface area contributed by atoms with Gasteiger partial charge in [0.15, 0.2) is 4.34 Å². The summed E-state index contributed by atoms with van der Waals surface area (Å²) >= 11 is 9.31. The zero-order valence-electron chi connectivity index (χ0n) is 18.7. The first-order valence-corrected chi connectivity index (χ1v) is 13.0. The summed E-state index contributed by atoms with van der Waals surface area (Å²) in [7, 11) is 0. The topological polar surface area (TPSA) is 39.4 Å². The molecular formula is C27H24ClN3OS2. The highest BCUT2D eigenvalue weighted by atomic mass is 35.5. The summed E-state index contributed by atoms with van der Waals surface area (Å²) in [4.78, 5) is 5.64. The molecule has 0 aliphatic rings. The first-order chi connectivity index (χ1) is 16.6. The van der Waals surface area contributed by atoms with Crippen molar-refractivity contribution in [3.05, 3.63) is 108 Å². The molecule has 0 atom stereocenters. The average molecular weight is 506 g/mol. The maximum absolute atomic E-state index is 5.92. The van der Waals surface area contributed by atoms with Crippen LogP contribution in [-0.4, -0.2) is 20.4 Å².